The van der Waals surface area contributed by atoms with E-state index in [9.17, 15) is 14.4 Å². The molecule has 0 saturated heterocycles. The molecule has 0 saturated carbocycles. The summed E-state index contributed by atoms with van der Waals surface area (Å²) < 4.78 is 15.4. The molecule has 0 aromatic heterocycles. The molecule has 0 aliphatic carbocycles. The van der Waals surface area contributed by atoms with Crippen LogP contribution in [-0.2, 0) is 36.8 Å². The number of ether oxygens (including phenoxy) is 3. The number of nitrogens with one attached hydrogen (secondary N) is 1. The number of amides is 1. The smallest absolute Gasteiger partial charge is 0.408 e. The zero-order valence-electron chi connectivity index (χ0n) is 16.6. The Morgan fingerprint density at radius 1 is 0.759 bits per heavy atom. The van der Waals surface area contributed by atoms with Crippen molar-refractivity contribution in [2.75, 3.05) is 13.2 Å². The van der Waals surface area contributed by atoms with Crippen LogP contribution >= 0.6 is 0 Å². The van der Waals surface area contributed by atoms with Crippen molar-refractivity contribution in [1.82, 2.24) is 5.32 Å². The van der Waals surface area contributed by atoms with Gasteiger partial charge in [0.1, 0.15) is 6.61 Å². The Labute approximate surface area is 170 Å². The SMILES string of the molecule is CCOC(=O)C(Cc1ccccc1)(NC(=O)OCc1ccccc1)C(=O)OCC. The van der Waals surface area contributed by atoms with Gasteiger partial charge < -0.3 is 14.2 Å². The molecule has 7 heteroatoms. The van der Waals surface area contributed by atoms with Crippen molar-refractivity contribution in [2.45, 2.75) is 32.4 Å². The molecule has 0 heterocycles. The standard InChI is InChI=1S/C22H25NO6/c1-3-27-19(24)22(20(25)28-4-2,15-17-11-7-5-8-12-17)23-21(26)29-16-18-13-9-6-10-14-18/h5-14H,3-4,15-16H2,1-2H3,(H,23,26). The first-order valence-electron chi connectivity index (χ1n) is 9.39. The molecule has 0 atom stereocenters. The summed E-state index contributed by atoms with van der Waals surface area (Å²) in [6, 6.07) is 17.9. The zero-order chi connectivity index (χ0) is 21.1. The topological polar surface area (TPSA) is 90.9 Å². The van der Waals surface area contributed by atoms with Crippen molar-refractivity contribution in [3.05, 3.63) is 71.8 Å². The highest BCUT2D eigenvalue weighted by Gasteiger charge is 2.51. The summed E-state index contributed by atoms with van der Waals surface area (Å²) in [5, 5.41) is 2.41. The molecule has 7 nitrogen and oxygen atoms in total. The Morgan fingerprint density at radius 2 is 1.24 bits per heavy atom. The summed E-state index contributed by atoms with van der Waals surface area (Å²) in [7, 11) is 0. The summed E-state index contributed by atoms with van der Waals surface area (Å²) in [5.74, 6) is -1.81. The average Bonchev–Trinajstić information content (AvgIpc) is 2.73. The highest BCUT2D eigenvalue weighted by atomic mass is 16.6. The van der Waals surface area contributed by atoms with Gasteiger partial charge in [0.25, 0.3) is 0 Å². The molecule has 0 aliphatic heterocycles. The number of hydrogen-bond acceptors (Lipinski definition) is 6. The molecule has 154 valence electrons. The van der Waals surface area contributed by atoms with Crippen LogP contribution in [0.1, 0.15) is 25.0 Å². The lowest BCUT2D eigenvalue weighted by Gasteiger charge is -2.29. The van der Waals surface area contributed by atoms with E-state index in [0.29, 0.717) is 5.56 Å². The lowest BCUT2D eigenvalue weighted by atomic mass is 9.90. The predicted octanol–water partition coefficient (Wildman–Crippen LogP) is 3.02. The molecule has 0 fully saturated rings. The first-order chi connectivity index (χ1) is 14.0. The van der Waals surface area contributed by atoms with Gasteiger partial charge in [-0.05, 0) is 25.0 Å². The van der Waals surface area contributed by atoms with Gasteiger partial charge in [0.05, 0.1) is 13.2 Å². The van der Waals surface area contributed by atoms with Crippen molar-refractivity contribution < 1.29 is 28.6 Å². The third kappa shape index (κ3) is 6.07. The quantitative estimate of drug-likeness (QED) is 0.396. The minimum absolute atomic E-state index is 0.0141. The molecule has 1 amide bonds. The Hall–Kier alpha value is -3.35. The largest absolute Gasteiger partial charge is 0.464 e. The van der Waals surface area contributed by atoms with Crippen LogP contribution in [0.25, 0.3) is 0 Å². The van der Waals surface area contributed by atoms with Gasteiger partial charge in [0.2, 0.25) is 5.54 Å². The Morgan fingerprint density at radius 3 is 1.72 bits per heavy atom. The molecule has 2 rings (SSSR count). The van der Waals surface area contributed by atoms with Crippen molar-refractivity contribution >= 4 is 18.0 Å². The molecule has 0 radical (unpaired) electrons. The fourth-order valence-electron chi connectivity index (χ4n) is 2.72. The van der Waals surface area contributed by atoms with E-state index in [1.54, 1.807) is 50.2 Å². The minimum atomic E-state index is -2.05. The molecule has 0 unspecified atom stereocenters. The number of benzene rings is 2. The second-order valence-electron chi connectivity index (χ2n) is 6.20. The molecule has 0 bridgehead atoms. The Kier molecular flexibility index (Phi) is 8.21. The van der Waals surface area contributed by atoms with E-state index in [0.717, 1.165) is 5.56 Å². The maximum absolute atomic E-state index is 12.8. The highest BCUT2D eigenvalue weighted by molar-refractivity contribution is 6.07. The lowest BCUT2D eigenvalue weighted by molar-refractivity contribution is -0.166. The van der Waals surface area contributed by atoms with Crippen LogP contribution in [0.15, 0.2) is 60.7 Å². The van der Waals surface area contributed by atoms with Crippen molar-refractivity contribution in [3.8, 4) is 0 Å². The van der Waals surface area contributed by atoms with Crippen LogP contribution in [-0.4, -0.2) is 36.8 Å². The van der Waals surface area contributed by atoms with Crippen LogP contribution in [0.3, 0.4) is 0 Å². The van der Waals surface area contributed by atoms with Gasteiger partial charge in [0, 0.05) is 6.42 Å². The average molecular weight is 399 g/mol. The second-order valence-corrected chi connectivity index (χ2v) is 6.20. The van der Waals surface area contributed by atoms with E-state index in [1.807, 2.05) is 24.3 Å². The van der Waals surface area contributed by atoms with Gasteiger partial charge in [-0.3, -0.25) is 5.32 Å². The van der Waals surface area contributed by atoms with E-state index in [1.165, 1.54) is 0 Å². The monoisotopic (exact) mass is 399 g/mol. The van der Waals surface area contributed by atoms with E-state index in [-0.39, 0.29) is 26.2 Å². The summed E-state index contributed by atoms with van der Waals surface area (Å²) in [4.78, 5) is 38.1. The minimum Gasteiger partial charge on any atom is -0.464 e. The van der Waals surface area contributed by atoms with Gasteiger partial charge in [-0.1, -0.05) is 60.7 Å². The zero-order valence-corrected chi connectivity index (χ0v) is 16.6. The van der Waals surface area contributed by atoms with E-state index in [2.05, 4.69) is 5.32 Å². The molecule has 1 N–H and O–H groups in total. The van der Waals surface area contributed by atoms with Crippen LogP contribution < -0.4 is 5.32 Å². The first-order valence-corrected chi connectivity index (χ1v) is 9.39. The first kappa shape index (κ1) is 21.9. The van der Waals surface area contributed by atoms with Gasteiger partial charge in [-0.2, -0.15) is 0 Å². The summed E-state index contributed by atoms with van der Waals surface area (Å²) in [5.41, 5.74) is -0.637. The molecular weight excluding hydrogens is 374 g/mol. The number of alkyl carbamates (subject to hydrolysis) is 1. The Balaban J connectivity index is 2.28. The van der Waals surface area contributed by atoms with E-state index in [4.69, 9.17) is 14.2 Å². The van der Waals surface area contributed by atoms with Gasteiger partial charge in [-0.15, -0.1) is 0 Å². The van der Waals surface area contributed by atoms with E-state index < -0.39 is 23.6 Å². The summed E-state index contributed by atoms with van der Waals surface area (Å²) >= 11 is 0. The fourth-order valence-corrected chi connectivity index (χ4v) is 2.72. The third-order valence-corrected chi connectivity index (χ3v) is 4.09. The van der Waals surface area contributed by atoms with Gasteiger partial charge in [0.15, 0.2) is 0 Å². The van der Waals surface area contributed by atoms with Gasteiger partial charge in [-0.25, -0.2) is 14.4 Å². The lowest BCUT2D eigenvalue weighted by Crippen LogP contribution is -2.63. The van der Waals surface area contributed by atoms with Crippen LogP contribution in [0.5, 0.6) is 0 Å². The van der Waals surface area contributed by atoms with Crippen LogP contribution in [0.2, 0.25) is 0 Å². The molecule has 0 spiro atoms. The number of esters is 2. The van der Waals surface area contributed by atoms with Crippen molar-refractivity contribution in [1.29, 1.82) is 0 Å². The third-order valence-electron chi connectivity index (χ3n) is 4.09. The second kappa shape index (κ2) is 10.8. The molecule has 2 aromatic rings. The maximum Gasteiger partial charge on any atom is 0.408 e. The number of carbonyl (C=O) groups is 3. The van der Waals surface area contributed by atoms with Crippen molar-refractivity contribution in [2.24, 2.45) is 0 Å². The molecular formula is C22H25NO6. The predicted molar refractivity (Wildman–Crippen MR) is 106 cm³/mol. The van der Waals surface area contributed by atoms with Crippen molar-refractivity contribution in [3.63, 3.8) is 0 Å². The van der Waals surface area contributed by atoms with Crippen LogP contribution in [0.4, 0.5) is 4.79 Å². The highest BCUT2D eigenvalue weighted by Crippen LogP contribution is 2.19. The number of carbonyl (C=O) groups excluding carboxylic acids is 3. The van der Waals surface area contributed by atoms with Gasteiger partial charge >= 0.3 is 18.0 Å². The molecule has 29 heavy (non-hydrogen) atoms. The fraction of sp³-hybridized carbons (Fsp3) is 0.318. The van der Waals surface area contributed by atoms with Crippen LogP contribution in [0, 0.1) is 0 Å². The summed E-state index contributed by atoms with van der Waals surface area (Å²) in [6.07, 6.45) is -1.06. The van der Waals surface area contributed by atoms with E-state index >= 15 is 0 Å². The Bertz CT molecular complexity index is 789. The summed E-state index contributed by atoms with van der Waals surface area (Å²) in [6.45, 7) is 3.29. The maximum atomic E-state index is 12.8. The number of rotatable bonds is 9. The number of hydrogen-bond donors (Lipinski definition) is 1. The normalized spacial score (nSPS) is 10.7. The molecule has 0 aliphatic rings. The molecule has 2 aromatic carbocycles.